The molecule has 0 N–H and O–H groups in total. The second-order valence-electron chi connectivity index (χ2n) is 3.96. The summed E-state index contributed by atoms with van der Waals surface area (Å²) in [5, 5.41) is 0. The number of thiocarbonyl (C=S) groups is 1. The van der Waals surface area contributed by atoms with Gasteiger partial charge in [0.05, 0.1) is 13.2 Å². The first-order valence-corrected chi connectivity index (χ1v) is 5.83. The van der Waals surface area contributed by atoms with Crippen molar-refractivity contribution in [2.24, 2.45) is 5.92 Å². The van der Waals surface area contributed by atoms with Crippen LogP contribution in [0.15, 0.2) is 0 Å². The van der Waals surface area contributed by atoms with Crippen LogP contribution in [0.1, 0.15) is 0 Å². The van der Waals surface area contributed by atoms with Crippen molar-refractivity contribution in [3.63, 3.8) is 0 Å². The first-order valence-electron chi connectivity index (χ1n) is 5.02. The van der Waals surface area contributed by atoms with E-state index in [1.165, 1.54) is 6.54 Å². The summed E-state index contributed by atoms with van der Waals surface area (Å²) in [4.78, 5) is 4.59. The van der Waals surface area contributed by atoms with E-state index in [1.54, 1.807) is 0 Å². The molecule has 0 radical (unpaired) electrons. The molecular weight excluding hydrogens is 239 g/mol. The van der Waals surface area contributed by atoms with Crippen molar-refractivity contribution >= 4 is 29.2 Å². The van der Waals surface area contributed by atoms with Gasteiger partial charge in [0, 0.05) is 38.6 Å². The molecule has 2 heterocycles. The van der Waals surface area contributed by atoms with Crippen LogP contribution in [0, 0.1) is 5.92 Å². The SMILES string of the molecule is S=C([S-])N1CCN(CC2COC2)CC1.[Na+]. The zero-order chi connectivity index (χ0) is 9.97. The summed E-state index contributed by atoms with van der Waals surface area (Å²) < 4.78 is 5.78. The summed E-state index contributed by atoms with van der Waals surface area (Å²) in [5.41, 5.74) is 0. The van der Waals surface area contributed by atoms with Crippen LogP contribution in [0.5, 0.6) is 0 Å². The molecule has 0 aromatic carbocycles. The fraction of sp³-hybridized carbons (Fsp3) is 0.889. The molecule has 15 heavy (non-hydrogen) atoms. The van der Waals surface area contributed by atoms with Crippen molar-refractivity contribution in [3.8, 4) is 0 Å². The van der Waals surface area contributed by atoms with Crippen LogP contribution in [0.2, 0.25) is 0 Å². The summed E-state index contributed by atoms with van der Waals surface area (Å²) in [6.45, 7) is 7.24. The van der Waals surface area contributed by atoms with Gasteiger partial charge in [-0.3, -0.25) is 4.90 Å². The number of nitrogens with zero attached hydrogens (tertiary/aromatic N) is 2. The van der Waals surface area contributed by atoms with Crippen molar-refractivity contribution in [1.29, 1.82) is 0 Å². The predicted molar refractivity (Wildman–Crippen MR) is 62.3 cm³/mol. The van der Waals surface area contributed by atoms with E-state index in [9.17, 15) is 0 Å². The van der Waals surface area contributed by atoms with Crippen molar-refractivity contribution in [2.75, 3.05) is 45.9 Å². The summed E-state index contributed by atoms with van der Waals surface area (Å²) in [7, 11) is 0. The monoisotopic (exact) mass is 254 g/mol. The fourth-order valence-electron chi connectivity index (χ4n) is 1.87. The molecular formula is C9H15N2NaOS2. The molecule has 2 rings (SSSR count). The molecule has 2 aliphatic rings. The van der Waals surface area contributed by atoms with Crippen molar-refractivity contribution < 1.29 is 34.3 Å². The van der Waals surface area contributed by atoms with Gasteiger partial charge in [0.2, 0.25) is 0 Å². The van der Waals surface area contributed by atoms with Gasteiger partial charge in [0.1, 0.15) is 0 Å². The zero-order valence-electron chi connectivity index (χ0n) is 9.15. The molecule has 0 atom stereocenters. The van der Waals surface area contributed by atoms with E-state index >= 15 is 0 Å². The van der Waals surface area contributed by atoms with Crippen molar-refractivity contribution in [3.05, 3.63) is 0 Å². The van der Waals surface area contributed by atoms with Gasteiger partial charge in [-0.2, -0.15) is 0 Å². The Bertz CT molecular complexity index is 218. The molecule has 0 unspecified atom stereocenters. The maximum absolute atomic E-state index is 5.16. The minimum atomic E-state index is 0. The van der Waals surface area contributed by atoms with Gasteiger partial charge in [-0.1, -0.05) is 4.32 Å². The van der Waals surface area contributed by atoms with E-state index in [0.29, 0.717) is 4.32 Å². The molecule has 0 aliphatic carbocycles. The molecule has 2 fully saturated rings. The first kappa shape index (κ1) is 14.1. The summed E-state index contributed by atoms with van der Waals surface area (Å²) in [6, 6.07) is 0. The molecule has 0 bridgehead atoms. The summed E-state index contributed by atoms with van der Waals surface area (Å²) >= 11 is 9.96. The van der Waals surface area contributed by atoms with Gasteiger partial charge in [-0.15, -0.1) is 0 Å². The van der Waals surface area contributed by atoms with Crippen molar-refractivity contribution in [1.82, 2.24) is 9.80 Å². The minimum absolute atomic E-state index is 0. The second kappa shape index (κ2) is 6.69. The normalized spacial score (nSPS) is 23.1. The number of hydrogen-bond acceptors (Lipinski definition) is 4. The van der Waals surface area contributed by atoms with E-state index in [2.05, 4.69) is 9.80 Å². The first-order chi connectivity index (χ1) is 6.75. The maximum atomic E-state index is 5.16. The average molecular weight is 254 g/mol. The second-order valence-corrected chi connectivity index (χ2v) is 4.99. The van der Waals surface area contributed by atoms with Crippen LogP contribution < -0.4 is 29.6 Å². The molecule has 80 valence electrons. The van der Waals surface area contributed by atoms with Crippen LogP contribution in [-0.4, -0.2) is 60.1 Å². The largest absolute Gasteiger partial charge is 1.00 e. The Hall–Kier alpha value is 1.03. The quantitative estimate of drug-likeness (QED) is 0.297. The van der Waals surface area contributed by atoms with E-state index in [0.717, 1.165) is 45.3 Å². The molecule has 3 nitrogen and oxygen atoms in total. The Morgan fingerprint density at radius 3 is 2.27 bits per heavy atom. The molecule has 0 aromatic heterocycles. The van der Waals surface area contributed by atoms with Gasteiger partial charge in [0.15, 0.2) is 0 Å². The van der Waals surface area contributed by atoms with E-state index in [1.807, 2.05) is 0 Å². The van der Waals surface area contributed by atoms with Gasteiger partial charge < -0.3 is 34.5 Å². The summed E-state index contributed by atoms with van der Waals surface area (Å²) in [5.74, 6) is 0.761. The van der Waals surface area contributed by atoms with Gasteiger partial charge in [0.25, 0.3) is 0 Å². The molecule has 0 spiro atoms. The topological polar surface area (TPSA) is 15.7 Å². The molecule has 0 aromatic rings. The molecule has 2 aliphatic heterocycles. The fourth-order valence-corrected chi connectivity index (χ4v) is 2.23. The Morgan fingerprint density at radius 1 is 1.27 bits per heavy atom. The Kier molecular flexibility index (Phi) is 6.28. The molecule has 0 saturated carbocycles. The maximum Gasteiger partial charge on any atom is 1.00 e. The minimum Gasteiger partial charge on any atom is -0.411 e. The van der Waals surface area contributed by atoms with E-state index in [4.69, 9.17) is 29.6 Å². The third-order valence-electron chi connectivity index (χ3n) is 2.85. The van der Waals surface area contributed by atoms with E-state index < -0.39 is 0 Å². The van der Waals surface area contributed by atoms with Crippen molar-refractivity contribution in [2.45, 2.75) is 0 Å². The third-order valence-corrected chi connectivity index (χ3v) is 3.37. The molecule has 0 amide bonds. The number of rotatable bonds is 2. The Morgan fingerprint density at radius 2 is 1.87 bits per heavy atom. The smallest absolute Gasteiger partial charge is 0.411 e. The van der Waals surface area contributed by atoms with Gasteiger partial charge >= 0.3 is 29.6 Å². The van der Waals surface area contributed by atoms with Crippen LogP contribution in [0.4, 0.5) is 0 Å². The Labute approximate surface area is 124 Å². The molecule has 6 heteroatoms. The van der Waals surface area contributed by atoms with Crippen LogP contribution in [-0.2, 0) is 17.4 Å². The number of piperazine rings is 1. The van der Waals surface area contributed by atoms with Crippen LogP contribution >= 0.6 is 12.2 Å². The van der Waals surface area contributed by atoms with Crippen LogP contribution in [0.25, 0.3) is 0 Å². The van der Waals surface area contributed by atoms with Crippen LogP contribution in [0.3, 0.4) is 0 Å². The standard InChI is InChI=1S/C9H16N2OS2.Na/c13-9(14)11-3-1-10(2-4-11)5-8-6-12-7-8;/h8H,1-7H2,(H,13,14);/q;+1/p-1. The Balaban J connectivity index is 0.00000112. The zero-order valence-corrected chi connectivity index (χ0v) is 12.8. The average Bonchev–Trinajstić information content (AvgIpc) is 2.12. The molecule has 2 saturated heterocycles. The third kappa shape index (κ3) is 4.07. The van der Waals surface area contributed by atoms with Gasteiger partial charge in [-0.05, 0) is 0 Å². The number of hydrogen-bond donors (Lipinski definition) is 0. The summed E-state index contributed by atoms with van der Waals surface area (Å²) in [6.07, 6.45) is 0. The van der Waals surface area contributed by atoms with Gasteiger partial charge in [-0.25, -0.2) is 0 Å². The number of ether oxygens (including phenoxy) is 1. The van der Waals surface area contributed by atoms with E-state index in [-0.39, 0.29) is 29.6 Å². The predicted octanol–water partition coefficient (Wildman–Crippen LogP) is -2.91.